The van der Waals surface area contributed by atoms with Gasteiger partial charge >= 0.3 is 0 Å². The topological polar surface area (TPSA) is 156 Å². The van der Waals surface area contributed by atoms with Gasteiger partial charge < -0.3 is 11.1 Å². The molecule has 0 aromatic rings. The summed E-state index contributed by atoms with van der Waals surface area (Å²) in [5, 5.41) is 2.12. The minimum Gasteiger partial charge on any atom is -0.370 e. The van der Waals surface area contributed by atoms with E-state index in [1.165, 1.54) is 12.3 Å². The molecule has 0 aromatic heterocycles. The molecular formula is C17H24N4O6S. The molecule has 0 bridgehead atoms. The van der Waals surface area contributed by atoms with Crippen molar-refractivity contribution in [2.45, 2.75) is 45.1 Å². The van der Waals surface area contributed by atoms with E-state index in [4.69, 9.17) is 5.73 Å². The average molecular weight is 412 g/mol. The molecule has 2 rings (SSSR count). The van der Waals surface area contributed by atoms with E-state index in [9.17, 15) is 27.6 Å². The van der Waals surface area contributed by atoms with Crippen molar-refractivity contribution in [2.24, 2.45) is 16.6 Å². The van der Waals surface area contributed by atoms with Crippen molar-refractivity contribution in [3.05, 3.63) is 12.3 Å². The van der Waals surface area contributed by atoms with Crippen molar-refractivity contribution in [3.63, 3.8) is 0 Å². The van der Waals surface area contributed by atoms with Crippen LogP contribution in [0, 0.1) is 5.92 Å². The highest BCUT2D eigenvalue weighted by molar-refractivity contribution is 8.06. The highest BCUT2D eigenvalue weighted by atomic mass is 32.2. The molecule has 1 unspecified atom stereocenters. The van der Waals surface area contributed by atoms with Crippen molar-refractivity contribution < 1.29 is 27.6 Å². The predicted molar refractivity (Wildman–Crippen MR) is 100 cm³/mol. The number of hydrogen-bond donors (Lipinski definition) is 2. The number of Topliss-reactive ketones (excluding diaryl/α,β-unsaturated/α-hetero) is 2. The van der Waals surface area contributed by atoms with E-state index in [0.29, 0.717) is 17.3 Å². The van der Waals surface area contributed by atoms with E-state index in [1.54, 1.807) is 6.92 Å². The average Bonchev–Trinajstić information content (AvgIpc) is 2.79. The van der Waals surface area contributed by atoms with Gasteiger partial charge in [-0.1, -0.05) is 13.0 Å². The molecule has 2 aliphatic heterocycles. The molecule has 1 saturated heterocycles. The zero-order chi connectivity index (χ0) is 20.9. The summed E-state index contributed by atoms with van der Waals surface area (Å²) in [6.45, 7) is 2.00. The number of nitrogens with zero attached hydrogens (tertiary/aromatic N) is 2. The molecule has 1 fully saturated rings. The lowest BCUT2D eigenvalue weighted by Gasteiger charge is -2.30. The molecule has 2 amide bonds. The first kappa shape index (κ1) is 21.9. The Morgan fingerprint density at radius 1 is 1.36 bits per heavy atom. The number of hydrogen-bond acceptors (Lipinski definition) is 8. The van der Waals surface area contributed by atoms with Gasteiger partial charge in [0.05, 0.1) is 6.54 Å². The quantitative estimate of drug-likeness (QED) is 0.602. The van der Waals surface area contributed by atoms with E-state index in [2.05, 4.69) is 10.3 Å². The van der Waals surface area contributed by atoms with Crippen LogP contribution in [-0.2, 0) is 29.2 Å². The van der Waals surface area contributed by atoms with Gasteiger partial charge in [-0.3, -0.25) is 19.2 Å². The molecule has 0 aromatic carbocycles. The number of nitrogens with two attached hydrogens (primary N) is 1. The summed E-state index contributed by atoms with van der Waals surface area (Å²) >= 11 is 0. The van der Waals surface area contributed by atoms with Gasteiger partial charge in [-0.25, -0.2) is 9.30 Å². The lowest BCUT2D eigenvalue weighted by molar-refractivity contribution is -0.134. The number of sulfonamides is 1. The van der Waals surface area contributed by atoms with Gasteiger partial charge in [0, 0.05) is 25.5 Å². The third-order valence-electron chi connectivity index (χ3n) is 4.45. The number of ketones is 2. The second-order valence-corrected chi connectivity index (χ2v) is 8.65. The number of carbonyl (C=O) groups is 4. The zero-order valence-electron chi connectivity index (χ0n) is 15.6. The van der Waals surface area contributed by atoms with E-state index < -0.39 is 50.4 Å². The molecule has 2 atom stereocenters. The van der Waals surface area contributed by atoms with Crippen LogP contribution in [0.2, 0.25) is 0 Å². The first-order valence-corrected chi connectivity index (χ1v) is 10.4. The van der Waals surface area contributed by atoms with Crippen molar-refractivity contribution >= 4 is 38.4 Å². The highest BCUT2D eigenvalue weighted by Gasteiger charge is 2.43. The molecule has 0 radical (unpaired) electrons. The van der Waals surface area contributed by atoms with Crippen molar-refractivity contribution in [2.75, 3.05) is 13.1 Å². The third kappa shape index (κ3) is 5.10. The fourth-order valence-electron chi connectivity index (χ4n) is 3.18. The van der Waals surface area contributed by atoms with E-state index in [0.717, 1.165) is 0 Å². The second kappa shape index (κ2) is 9.20. The predicted octanol–water partition coefficient (Wildman–Crippen LogP) is -0.747. The molecule has 3 N–H and O–H groups in total. The summed E-state index contributed by atoms with van der Waals surface area (Å²) < 4.78 is 26.8. The summed E-state index contributed by atoms with van der Waals surface area (Å²) in [5.74, 6) is -3.22. The molecule has 0 saturated carbocycles. The summed E-state index contributed by atoms with van der Waals surface area (Å²) in [7, 11) is -4.63. The first-order valence-electron chi connectivity index (χ1n) is 8.99. The van der Waals surface area contributed by atoms with Gasteiger partial charge in [0.1, 0.15) is 6.04 Å². The Morgan fingerprint density at radius 3 is 2.71 bits per heavy atom. The maximum absolute atomic E-state index is 13.2. The second-order valence-electron chi connectivity index (χ2n) is 6.92. The van der Waals surface area contributed by atoms with Crippen molar-refractivity contribution in [3.8, 4) is 0 Å². The Kier molecular flexibility index (Phi) is 7.19. The first-order chi connectivity index (χ1) is 13.1. The summed E-state index contributed by atoms with van der Waals surface area (Å²) in [6, 6.07) is -1.23. The van der Waals surface area contributed by atoms with Gasteiger partial charge in [0.15, 0.2) is 11.6 Å². The standard InChI is InChI=1S/C17H24N4O6S/c1-11(8-15(18)24)9-16(25)21(12-4-2-6-19-10-14(12)23)28(26,27)17-13(22)5-3-7-20-17/h3,7,11-12,19H,2,4-6,8-10H2,1H3,(H2,18,24)/t11?,12-/m0/s1. The van der Waals surface area contributed by atoms with Crippen molar-refractivity contribution in [1.82, 2.24) is 9.62 Å². The fourth-order valence-corrected chi connectivity index (χ4v) is 4.83. The number of aliphatic imine (C=N–C) groups is 1. The fraction of sp³-hybridized carbons (Fsp3) is 0.588. The van der Waals surface area contributed by atoms with E-state index in [-0.39, 0.29) is 32.2 Å². The van der Waals surface area contributed by atoms with Gasteiger partial charge in [0.25, 0.3) is 10.0 Å². The Hall–Kier alpha value is -2.40. The van der Waals surface area contributed by atoms with Gasteiger partial charge in [-0.15, -0.1) is 0 Å². The molecule has 10 nitrogen and oxygen atoms in total. The van der Waals surface area contributed by atoms with Gasteiger partial charge in [-0.05, 0) is 25.3 Å². The maximum atomic E-state index is 13.2. The van der Waals surface area contributed by atoms with Crippen LogP contribution in [0.15, 0.2) is 17.3 Å². The minimum absolute atomic E-state index is 0.0822. The SMILES string of the molecule is CC(CC(N)=O)CC(=O)N([C@H]1CCCNCC1=O)S(=O)(=O)C1=NC=CCC1=O. The van der Waals surface area contributed by atoms with Crippen LogP contribution in [0.5, 0.6) is 0 Å². The molecule has 0 aliphatic carbocycles. The normalized spacial score (nSPS) is 21.6. The Labute approximate surface area is 163 Å². The summed E-state index contributed by atoms with van der Waals surface area (Å²) in [5.41, 5.74) is 5.14. The van der Waals surface area contributed by atoms with Crippen LogP contribution < -0.4 is 11.1 Å². The Balaban J connectivity index is 2.43. The molecular weight excluding hydrogens is 388 g/mol. The smallest absolute Gasteiger partial charge is 0.288 e. The van der Waals surface area contributed by atoms with Crippen LogP contribution in [0.3, 0.4) is 0 Å². The van der Waals surface area contributed by atoms with Gasteiger partial charge in [-0.2, -0.15) is 8.42 Å². The van der Waals surface area contributed by atoms with Gasteiger partial charge in [0.2, 0.25) is 16.9 Å². The summed E-state index contributed by atoms with van der Waals surface area (Å²) in [6.07, 6.45) is 2.63. The van der Waals surface area contributed by atoms with Crippen molar-refractivity contribution in [1.29, 1.82) is 0 Å². The minimum atomic E-state index is -4.63. The summed E-state index contributed by atoms with van der Waals surface area (Å²) in [4.78, 5) is 52.3. The zero-order valence-corrected chi connectivity index (χ0v) is 16.4. The Bertz CT molecular complexity index is 833. The van der Waals surface area contributed by atoms with Crippen LogP contribution in [0.4, 0.5) is 0 Å². The number of nitrogens with one attached hydrogen (secondary N) is 1. The highest BCUT2D eigenvalue weighted by Crippen LogP contribution is 2.22. The molecule has 2 heterocycles. The van der Waals surface area contributed by atoms with E-state index in [1.807, 2.05) is 0 Å². The largest absolute Gasteiger partial charge is 0.370 e. The molecule has 28 heavy (non-hydrogen) atoms. The van der Waals surface area contributed by atoms with E-state index >= 15 is 0 Å². The monoisotopic (exact) mass is 412 g/mol. The number of amides is 2. The number of carbonyl (C=O) groups excluding carboxylic acids is 4. The third-order valence-corrected chi connectivity index (χ3v) is 6.24. The molecule has 154 valence electrons. The van der Waals surface area contributed by atoms with Crippen LogP contribution in [0.1, 0.15) is 39.0 Å². The molecule has 11 heteroatoms. The maximum Gasteiger partial charge on any atom is 0.288 e. The van der Waals surface area contributed by atoms with Crippen LogP contribution in [-0.4, -0.2) is 60.3 Å². The Morgan fingerprint density at radius 2 is 2.07 bits per heavy atom. The van der Waals surface area contributed by atoms with Crippen LogP contribution >= 0.6 is 0 Å². The number of primary amides is 1. The lowest BCUT2D eigenvalue weighted by Crippen LogP contribution is -2.53. The van der Waals surface area contributed by atoms with Crippen LogP contribution in [0.25, 0.3) is 0 Å². The molecule has 2 aliphatic rings. The number of allylic oxidation sites excluding steroid dienone is 1. The number of rotatable bonds is 5. The lowest BCUT2D eigenvalue weighted by atomic mass is 10.0. The molecule has 0 spiro atoms.